The predicted octanol–water partition coefficient (Wildman–Crippen LogP) is -0.136. The summed E-state index contributed by atoms with van der Waals surface area (Å²) in [7, 11) is 0. The summed E-state index contributed by atoms with van der Waals surface area (Å²) in [4.78, 5) is 38.3. The minimum atomic E-state index is -1.48. The molecule has 1 aromatic rings. The van der Waals surface area contributed by atoms with Crippen molar-refractivity contribution in [1.29, 1.82) is 0 Å². The lowest BCUT2D eigenvalue weighted by Crippen LogP contribution is -2.66. The summed E-state index contributed by atoms with van der Waals surface area (Å²) >= 11 is 0. The van der Waals surface area contributed by atoms with Gasteiger partial charge in [0.1, 0.15) is 18.2 Å². The normalized spacial score (nSPS) is 29.5. The molecule has 3 rings (SSSR count). The molecular formula is C19H21NO8. The predicted molar refractivity (Wildman–Crippen MR) is 94.2 cm³/mol. The average molecular weight is 391 g/mol. The first-order valence-electron chi connectivity index (χ1n) is 8.71. The highest BCUT2D eigenvalue weighted by atomic mass is 16.7. The van der Waals surface area contributed by atoms with Crippen LogP contribution in [0.1, 0.15) is 27.6 Å². The lowest BCUT2D eigenvalue weighted by molar-refractivity contribution is -0.279. The Hall–Kier alpha value is -2.59. The molecular weight excluding hydrogens is 370 g/mol. The minimum Gasteiger partial charge on any atom is -0.457 e. The molecule has 1 aromatic carbocycles. The number of amides is 2. The van der Waals surface area contributed by atoms with Gasteiger partial charge < -0.3 is 24.4 Å². The molecule has 2 amide bonds. The number of hydrogen-bond acceptors (Lipinski definition) is 8. The molecule has 0 unspecified atom stereocenters. The van der Waals surface area contributed by atoms with Gasteiger partial charge in [0.25, 0.3) is 11.8 Å². The van der Waals surface area contributed by atoms with Crippen molar-refractivity contribution in [2.45, 2.75) is 37.6 Å². The number of aliphatic hydroxyl groups is 2. The van der Waals surface area contributed by atoms with Crippen LogP contribution < -0.4 is 0 Å². The number of fused-ring (bicyclic) bond motifs is 1. The van der Waals surface area contributed by atoms with E-state index in [0.717, 1.165) is 11.8 Å². The van der Waals surface area contributed by atoms with Crippen molar-refractivity contribution in [3.63, 3.8) is 0 Å². The van der Waals surface area contributed by atoms with Crippen LogP contribution in [0.15, 0.2) is 36.9 Å². The zero-order valence-corrected chi connectivity index (χ0v) is 15.2. The van der Waals surface area contributed by atoms with Crippen LogP contribution in [0.5, 0.6) is 0 Å². The Morgan fingerprint density at radius 3 is 2.39 bits per heavy atom. The topological polar surface area (TPSA) is 123 Å². The summed E-state index contributed by atoms with van der Waals surface area (Å²) in [5, 5.41) is 20.1. The fourth-order valence-electron chi connectivity index (χ4n) is 3.43. The molecule has 0 bridgehead atoms. The number of carbonyl (C=O) groups is 3. The fourth-order valence-corrected chi connectivity index (χ4v) is 3.43. The van der Waals surface area contributed by atoms with E-state index in [1.54, 1.807) is 12.1 Å². The van der Waals surface area contributed by atoms with Gasteiger partial charge in [-0.2, -0.15) is 0 Å². The largest absolute Gasteiger partial charge is 0.457 e. The van der Waals surface area contributed by atoms with Crippen molar-refractivity contribution in [3.8, 4) is 0 Å². The van der Waals surface area contributed by atoms with Crippen LogP contribution in [-0.2, 0) is 19.0 Å². The van der Waals surface area contributed by atoms with E-state index in [1.165, 1.54) is 18.2 Å². The highest BCUT2D eigenvalue weighted by molar-refractivity contribution is 6.21. The van der Waals surface area contributed by atoms with Crippen LogP contribution >= 0.6 is 0 Å². The second-order valence-electron chi connectivity index (χ2n) is 6.43. The zero-order chi connectivity index (χ0) is 20.4. The Morgan fingerprint density at radius 2 is 1.89 bits per heavy atom. The molecule has 9 nitrogen and oxygen atoms in total. The minimum absolute atomic E-state index is 0.00533. The molecule has 2 heterocycles. The Bertz CT molecular complexity index is 759. The maximum atomic E-state index is 12.9. The summed E-state index contributed by atoms with van der Waals surface area (Å²) in [6.45, 7) is 4.10. The summed E-state index contributed by atoms with van der Waals surface area (Å²) < 4.78 is 16.4. The van der Waals surface area contributed by atoms with Crippen molar-refractivity contribution in [2.24, 2.45) is 0 Å². The highest BCUT2D eigenvalue weighted by Crippen LogP contribution is 2.34. The van der Waals surface area contributed by atoms with E-state index >= 15 is 0 Å². The molecule has 28 heavy (non-hydrogen) atoms. The van der Waals surface area contributed by atoms with Gasteiger partial charge in [-0.25, -0.2) is 0 Å². The summed E-state index contributed by atoms with van der Waals surface area (Å²) in [5.41, 5.74) is 0.380. The Kier molecular flexibility index (Phi) is 5.90. The van der Waals surface area contributed by atoms with Crippen molar-refractivity contribution in [2.75, 3.05) is 13.2 Å². The molecule has 9 heteroatoms. The smallest absolute Gasteiger partial charge is 0.303 e. The monoisotopic (exact) mass is 391 g/mol. The highest BCUT2D eigenvalue weighted by Gasteiger charge is 2.55. The molecule has 0 radical (unpaired) electrons. The standard InChI is InChI=1S/C19H21NO8/c1-3-8-26-19-14(16(27-10(2)22)15(23)13(9-21)28-19)20-17(24)11-6-4-5-7-12(11)18(20)25/h3-7,13-16,19,21,23H,1,8-9H2,2H3/t13-,14-,15-,16-,19-/m1/s1. The van der Waals surface area contributed by atoms with Gasteiger partial charge in [0, 0.05) is 6.92 Å². The lowest BCUT2D eigenvalue weighted by atomic mass is 9.95. The molecule has 150 valence electrons. The van der Waals surface area contributed by atoms with E-state index in [2.05, 4.69) is 6.58 Å². The third-order valence-electron chi connectivity index (χ3n) is 4.63. The zero-order valence-electron chi connectivity index (χ0n) is 15.2. The molecule has 0 spiro atoms. The molecule has 0 aromatic heterocycles. The van der Waals surface area contributed by atoms with Gasteiger partial charge in [0.15, 0.2) is 12.4 Å². The molecule has 1 saturated heterocycles. The molecule has 0 saturated carbocycles. The summed E-state index contributed by atoms with van der Waals surface area (Å²) in [6, 6.07) is 5.00. The van der Waals surface area contributed by atoms with E-state index in [0.29, 0.717) is 0 Å². The lowest BCUT2D eigenvalue weighted by Gasteiger charge is -2.45. The van der Waals surface area contributed by atoms with Crippen LogP contribution in [0, 0.1) is 0 Å². The second kappa shape index (κ2) is 8.19. The first-order chi connectivity index (χ1) is 13.4. The van der Waals surface area contributed by atoms with Gasteiger partial charge in [-0.05, 0) is 12.1 Å². The third kappa shape index (κ3) is 3.45. The van der Waals surface area contributed by atoms with Crippen molar-refractivity contribution < 1.29 is 38.8 Å². The first-order valence-corrected chi connectivity index (χ1v) is 8.71. The number of hydrogen-bond donors (Lipinski definition) is 2. The first kappa shape index (κ1) is 20.2. The second-order valence-corrected chi connectivity index (χ2v) is 6.43. The Balaban J connectivity index is 2.04. The SMILES string of the molecule is C=CCO[C@@H]1O[C@H](CO)[C@@H](O)[C@H](OC(C)=O)[C@H]1N1C(=O)c2ccccc2C1=O. The molecule has 2 N–H and O–H groups in total. The molecule has 0 aliphatic carbocycles. The van der Waals surface area contributed by atoms with Crippen LogP contribution in [0.4, 0.5) is 0 Å². The van der Waals surface area contributed by atoms with E-state index in [4.69, 9.17) is 14.2 Å². The number of nitrogens with zero attached hydrogens (tertiary/aromatic N) is 1. The Morgan fingerprint density at radius 1 is 1.29 bits per heavy atom. The number of ether oxygens (including phenoxy) is 3. The Labute approximate surface area is 161 Å². The quantitative estimate of drug-likeness (QED) is 0.390. The summed E-state index contributed by atoms with van der Waals surface area (Å²) in [5.74, 6) is -1.96. The number of carbonyl (C=O) groups excluding carboxylic acids is 3. The van der Waals surface area contributed by atoms with E-state index in [-0.39, 0.29) is 17.7 Å². The van der Waals surface area contributed by atoms with Gasteiger partial charge in [-0.1, -0.05) is 18.2 Å². The van der Waals surface area contributed by atoms with Crippen LogP contribution in [0.25, 0.3) is 0 Å². The van der Waals surface area contributed by atoms with E-state index in [9.17, 15) is 24.6 Å². The molecule has 2 aliphatic rings. The van der Waals surface area contributed by atoms with Crippen LogP contribution in [0.3, 0.4) is 0 Å². The van der Waals surface area contributed by atoms with Gasteiger partial charge in [-0.15, -0.1) is 6.58 Å². The average Bonchev–Trinajstić information content (AvgIpc) is 2.93. The number of aliphatic hydroxyl groups excluding tert-OH is 2. The van der Waals surface area contributed by atoms with Crippen molar-refractivity contribution >= 4 is 17.8 Å². The van der Waals surface area contributed by atoms with Gasteiger partial charge in [0.2, 0.25) is 0 Å². The van der Waals surface area contributed by atoms with Crippen LogP contribution in [-0.4, -0.2) is 76.8 Å². The number of benzene rings is 1. The van der Waals surface area contributed by atoms with Gasteiger partial charge in [-0.3, -0.25) is 19.3 Å². The van der Waals surface area contributed by atoms with Gasteiger partial charge in [0.05, 0.1) is 24.3 Å². The maximum absolute atomic E-state index is 12.9. The molecule has 2 aliphatic heterocycles. The summed E-state index contributed by atoms with van der Waals surface area (Å²) in [6.07, 6.45) is -3.77. The van der Waals surface area contributed by atoms with E-state index in [1.807, 2.05) is 0 Å². The molecule has 5 atom stereocenters. The maximum Gasteiger partial charge on any atom is 0.303 e. The van der Waals surface area contributed by atoms with Crippen LogP contribution in [0.2, 0.25) is 0 Å². The number of rotatable bonds is 6. The van der Waals surface area contributed by atoms with E-state index < -0.39 is 55.0 Å². The fraction of sp³-hybridized carbons (Fsp3) is 0.421. The molecule has 1 fully saturated rings. The third-order valence-corrected chi connectivity index (χ3v) is 4.63. The van der Waals surface area contributed by atoms with Crippen molar-refractivity contribution in [1.82, 2.24) is 4.90 Å². The number of esters is 1. The van der Waals surface area contributed by atoms with Crippen molar-refractivity contribution in [3.05, 3.63) is 48.0 Å². The number of imide groups is 1. The van der Waals surface area contributed by atoms with Gasteiger partial charge >= 0.3 is 5.97 Å².